The molecule has 0 aromatic heterocycles. The number of rotatable bonds is 5. The third-order valence-corrected chi connectivity index (χ3v) is 1.81. The van der Waals surface area contributed by atoms with E-state index in [1.54, 1.807) is 0 Å². The Hall–Kier alpha value is -0.350. The SMILES string of the molecule is OCC(F)(Cl)C(F)(F)OCC(F)(F)C(F)(F)F. The average Bonchev–Trinajstić information content (AvgIpc) is 2.13. The Bertz CT molecular complexity index is 263. The zero-order chi connectivity index (χ0) is 14.1. The molecule has 104 valence electrons. The summed E-state index contributed by atoms with van der Waals surface area (Å²) < 4.78 is 99.3. The highest BCUT2D eigenvalue weighted by molar-refractivity contribution is 6.23. The van der Waals surface area contributed by atoms with Gasteiger partial charge in [-0.1, -0.05) is 11.6 Å². The first-order chi connectivity index (χ1) is 7.27. The Morgan fingerprint density at radius 2 is 1.35 bits per heavy atom. The number of hydrogen-bond acceptors (Lipinski definition) is 2. The minimum Gasteiger partial charge on any atom is -0.391 e. The van der Waals surface area contributed by atoms with Gasteiger partial charge in [0.2, 0.25) is 0 Å². The molecule has 0 fully saturated rings. The van der Waals surface area contributed by atoms with E-state index in [2.05, 4.69) is 16.3 Å². The van der Waals surface area contributed by atoms with Crippen molar-refractivity contribution in [3.63, 3.8) is 0 Å². The van der Waals surface area contributed by atoms with Crippen molar-refractivity contribution in [2.24, 2.45) is 0 Å². The van der Waals surface area contributed by atoms with E-state index in [0.29, 0.717) is 0 Å². The second-order valence-corrected chi connectivity index (χ2v) is 3.47. The molecule has 17 heavy (non-hydrogen) atoms. The molecule has 0 aliphatic rings. The number of aliphatic hydroxyl groups is 1. The molecule has 0 aromatic carbocycles. The smallest absolute Gasteiger partial charge is 0.391 e. The van der Waals surface area contributed by atoms with Crippen molar-refractivity contribution in [1.29, 1.82) is 0 Å². The predicted octanol–water partition coefficient (Wildman–Crippen LogP) is 2.69. The highest BCUT2D eigenvalue weighted by Crippen LogP contribution is 2.41. The highest BCUT2D eigenvalue weighted by atomic mass is 35.5. The van der Waals surface area contributed by atoms with Gasteiger partial charge in [-0.15, -0.1) is 0 Å². The van der Waals surface area contributed by atoms with Crippen molar-refractivity contribution in [1.82, 2.24) is 0 Å². The Kier molecular flexibility index (Phi) is 4.63. The maximum Gasteiger partial charge on any atom is 0.455 e. The molecule has 1 unspecified atom stereocenters. The van der Waals surface area contributed by atoms with Gasteiger partial charge in [-0.05, 0) is 0 Å². The zero-order valence-electron chi connectivity index (χ0n) is 7.67. The summed E-state index contributed by atoms with van der Waals surface area (Å²) in [6, 6.07) is 0. The van der Waals surface area contributed by atoms with E-state index in [0.717, 1.165) is 0 Å². The predicted molar refractivity (Wildman–Crippen MR) is 38.7 cm³/mol. The summed E-state index contributed by atoms with van der Waals surface area (Å²) in [6.45, 7) is -4.87. The first kappa shape index (κ1) is 16.6. The molecular weight excluding hydrogens is 292 g/mol. The van der Waals surface area contributed by atoms with Crippen molar-refractivity contribution in [2.45, 2.75) is 23.3 Å². The molecule has 0 aliphatic carbocycles. The summed E-state index contributed by atoms with van der Waals surface area (Å²) in [7, 11) is 0. The molecule has 0 amide bonds. The van der Waals surface area contributed by atoms with Gasteiger partial charge in [-0.2, -0.15) is 30.7 Å². The second kappa shape index (κ2) is 4.73. The van der Waals surface area contributed by atoms with Crippen LogP contribution >= 0.6 is 11.6 Å². The number of hydrogen-bond donors (Lipinski definition) is 1. The van der Waals surface area contributed by atoms with Crippen LogP contribution in [-0.2, 0) is 4.74 Å². The number of alkyl halides is 9. The van der Waals surface area contributed by atoms with Crippen molar-refractivity contribution >= 4 is 11.6 Å². The van der Waals surface area contributed by atoms with Crippen LogP contribution in [0.5, 0.6) is 0 Å². The van der Waals surface area contributed by atoms with E-state index >= 15 is 0 Å². The van der Waals surface area contributed by atoms with Gasteiger partial charge in [0.25, 0.3) is 5.13 Å². The van der Waals surface area contributed by atoms with Gasteiger partial charge >= 0.3 is 18.2 Å². The van der Waals surface area contributed by atoms with Crippen molar-refractivity contribution in [3.05, 3.63) is 0 Å². The third-order valence-electron chi connectivity index (χ3n) is 1.47. The standard InChI is InChI=1S/C6H5ClF8O2/c7-3(8,1-16)6(14,15)17-2-4(9,10)5(11,12)13/h16H,1-2H2. The second-order valence-electron chi connectivity index (χ2n) is 2.87. The van der Waals surface area contributed by atoms with E-state index < -0.39 is 36.5 Å². The summed E-state index contributed by atoms with van der Waals surface area (Å²) in [5.41, 5.74) is 0. The van der Waals surface area contributed by atoms with Crippen LogP contribution in [0.25, 0.3) is 0 Å². The molecule has 0 spiro atoms. The lowest BCUT2D eigenvalue weighted by Gasteiger charge is -2.28. The monoisotopic (exact) mass is 296 g/mol. The molecule has 1 N–H and O–H groups in total. The number of aliphatic hydroxyl groups excluding tert-OH is 1. The van der Waals surface area contributed by atoms with Gasteiger partial charge in [0.05, 0.1) is 0 Å². The molecule has 0 aromatic rings. The van der Waals surface area contributed by atoms with Gasteiger partial charge in [0.15, 0.2) is 0 Å². The van der Waals surface area contributed by atoms with Crippen LogP contribution in [0.4, 0.5) is 35.1 Å². The maximum absolute atomic E-state index is 12.6. The highest BCUT2D eigenvalue weighted by Gasteiger charge is 2.62. The van der Waals surface area contributed by atoms with Crippen molar-refractivity contribution < 1.29 is 45.0 Å². The first-order valence-electron chi connectivity index (χ1n) is 3.72. The largest absolute Gasteiger partial charge is 0.455 e. The van der Waals surface area contributed by atoms with Gasteiger partial charge in [0, 0.05) is 0 Å². The molecule has 1 atom stereocenters. The average molecular weight is 297 g/mol. The lowest BCUT2D eigenvalue weighted by atomic mass is 10.3. The van der Waals surface area contributed by atoms with E-state index in [9.17, 15) is 35.1 Å². The summed E-state index contributed by atoms with van der Waals surface area (Å²) in [6.07, 6.45) is -11.3. The van der Waals surface area contributed by atoms with Crippen LogP contribution in [-0.4, -0.2) is 41.7 Å². The fourth-order valence-electron chi connectivity index (χ4n) is 0.461. The number of ether oxygens (including phenoxy) is 1. The van der Waals surface area contributed by atoms with Crippen LogP contribution < -0.4 is 0 Å². The molecule has 0 saturated heterocycles. The van der Waals surface area contributed by atoms with E-state index in [-0.39, 0.29) is 0 Å². The van der Waals surface area contributed by atoms with Gasteiger partial charge in [-0.3, -0.25) is 0 Å². The Morgan fingerprint density at radius 1 is 0.941 bits per heavy atom. The minimum absolute atomic E-state index is 2.04. The molecule has 2 nitrogen and oxygen atoms in total. The van der Waals surface area contributed by atoms with Crippen LogP contribution in [0.3, 0.4) is 0 Å². The molecular formula is C6H5ClF8O2. The fourth-order valence-corrected chi connectivity index (χ4v) is 0.515. The maximum atomic E-state index is 12.6. The van der Waals surface area contributed by atoms with Crippen molar-refractivity contribution in [3.8, 4) is 0 Å². The number of halogens is 9. The molecule has 0 aliphatic heterocycles. The summed E-state index contributed by atoms with van der Waals surface area (Å²) in [4.78, 5) is 0. The van der Waals surface area contributed by atoms with Crippen LogP contribution in [0.15, 0.2) is 0 Å². The molecule has 0 rings (SSSR count). The molecule has 11 heteroatoms. The molecule has 0 saturated carbocycles. The van der Waals surface area contributed by atoms with E-state index in [1.807, 2.05) is 0 Å². The van der Waals surface area contributed by atoms with Crippen molar-refractivity contribution in [2.75, 3.05) is 13.2 Å². The Labute approximate surface area is 94.1 Å². The summed E-state index contributed by atoms with van der Waals surface area (Å²) in [5.74, 6) is -5.60. The topological polar surface area (TPSA) is 29.5 Å². The quantitative estimate of drug-likeness (QED) is 0.624. The van der Waals surface area contributed by atoms with Crippen LogP contribution in [0, 0.1) is 0 Å². The lowest BCUT2D eigenvalue weighted by molar-refractivity contribution is -0.350. The van der Waals surface area contributed by atoms with E-state index in [1.165, 1.54) is 0 Å². The molecule has 0 bridgehead atoms. The van der Waals surface area contributed by atoms with Crippen LogP contribution in [0.1, 0.15) is 0 Å². The third kappa shape index (κ3) is 3.81. The Balaban J connectivity index is 4.69. The lowest BCUT2D eigenvalue weighted by Crippen LogP contribution is -2.49. The molecule has 0 heterocycles. The van der Waals surface area contributed by atoms with Gasteiger partial charge in [0.1, 0.15) is 13.2 Å². The van der Waals surface area contributed by atoms with Crippen LogP contribution in [0.2, 0.25) is 0 Å². The van der Waals surface area contributed by atoms with Gasteiger partial charge in [-0.25, -0.2) is 4.39 Å². The van der Waals surface area contributed by atoms with E-state index in [4.69, 9.17) is 5.11 Å². The fraction of sp³-hybridized carbons (Fsp3) is 1.00. The zero-order valence-corrected chi connectivity index (χ0v) is 8.43. The molecule has 0 radical (unpaired) electrons. The summed E-state index contributed by atoms with van der Waals surface area (Å²) in [5, 5.41) is 3.75. The normalized spacial score (nSPS) is 18.0. The van der Waals surface area contributed by atoms with Gasteiger partial charge < -0.3 is 9.84 Å². The Morgan fingerprint density at radius 3 is 1.65 bits per heavy atom. The minimum atomic E-state index is -6.13. The summed E-state index contributed by atoms with van der Waals surface area (Å²) >= 11 is 4.34. The first-order valence-corrected chi connectivity index (χ1v) is 4.09.